The van der Waals surface area contributed by atoms with Gasteiger partial charge in [-0.25, -0.2) is 0 Å². The Bertz CT molecular complexity index is 393. The second-order valence-electron chi connectivity index (χ2n) is 4.86. The minimum absolute atomic E-state index is 0.153. The molecule has 0 radical (unpaired) electrons. The third kappa shape index (κ3) is 3.09. The van der Waals surface area contributed by atoms with Crippen LogP contribution in [0.5, 0.6) is 0 Å². The molecule has 1 fully saturated rings. The molecule has 1 unspecified atom stereocenters. The summed E-state index contributed by atoms with van der Waals surface area (Å²) < 4.78 is 0. The van der Waals surface area contributed by atoms with Gasteiger partial charge in [0.25, 0.3) is 0 Å². The highest BCUT2D eigenvalue weighted by Gasteiger charge is 2.24. The third-order valence-electron chi connectivity index (χ3n) is 3.44. The van der Waals surface area contributed by atoms with Crippen LogP contribution in [0.15, 0.2) is 30.3 Å². The zero-order valence-electron chi connectivity index (χ0n) is 10.8. The van der Waals surface area contributed by atoms with Gasteiger partial charge in [-0.3, -0.25) is 4.79 Å². The van der Waals surface area contributed by atoms with Crippen LogP contribution in [0, 0.1) is 0 Å². The van der Waals surface area contributed by atoms with E-state index >= 15 is 0 Å². The lowest BCUT2D eigenvalue weighted by Crippen LogP contribution is -2.52. The summed E-state index contributed by atoms with van der Waals surface area (Å²) in [6.45, 7) is 4.59. The number of amides is 1. The predicted octanol–water partition coefficient (Wildman–Crippen LogP) is 0.897. The summed E-state index contributed by atoms with van der Waals surface area (Å²) in [6, 6.07) is 9.85. The fraction of sp³-hybridized carbons (Fsp3) is 0.500. The van der Waals surface area contributed by atoms with Crippen LogP contribution < -0.4 is 11.1 Å². The fourth-order valence-electron chi connectivity index (χ4n) is 2.34. The molecule has 4 heteroatoms. The molecule has 0 saturated carbocycles. The molecule has 1 amide bonds. The minimum Gasteiger partial charge on any atom is -0.337 e. The van der Waals surface area contributed by atoms with E-state index in [1.54, 1.807) is 0 Å². The smallest absolute Gasteiger partial charge is 0.224 e. The summed E-state index contributed by atoms with van der Waals surface area (Å²) in [6.07, 6.45) is 0.383. The molecule has 1 aromatic rings. The van der Waals surface area contributed by atoms with Crippen molar-refractivity contribution in [1.29, 1.82) is 0 Å². The topological polar surface area (TPSA) is 58.4 Å². The first-order valence-corrected chi connectivity index (χ1v) is 6.49. The fourth-order valence-corrected chi connectivity index (χ4v) is 2.34. The molecule has 0 aliphatic carbocycles. The van der Waals surface area contributed by atoms with E-state index in [1.165, 1.54) is 0 Å². The first-order chi connectivity index (χ1) is 8.68. The average Bonchev–Trinajstić information content (AvgIpc) is 2.40. The number of nitrogens with one attached hydrogen (secondary N) is 1. The van der Waals surface area contributed by atoms with Gasteiger partial charge in [0.05, 0.1) is 0 Å². The SMILES string of the molecule is C[C@H]1CNCCN1C(=O)CC(N)c1ccccc1. The second kappa shape index (κ2) is 5.98. The first-order valence-electron chi connectivity index (χ1n) is 6.49. The van der Waals surface area contributed by atoms with Crippen molar-refractivity contribution < 1.29 is 4.79 Å². The number of piperazine rings is 1. The van der Waals surface area contributed by atoms with Gasteiger partial charge in [0.15, 0.2) is 0 Å². The maximum absolute atomic E-state index is 12.2. The zero-order valence-corrected chi connectivity index (χ0v) is 10.8. The van der Waals surface area contributed by atoms with Gasteiger partial charge in [0.1, 0.15) is 0 Å². The molecule has 0 bridgehead atoms. The van der Waals surface area contributed by atoms with E-state index in [2.05, 4.69) is 12.2 Å². The van der Waals surface area contributed by atoms with Crippen molar-refractivity contribution in [2.45, 2.75) is 25.4 Å². The van der Waals surface area contributed by atoms with E-state index in [4.69, 9.17) is 5.73 Å². The molecule has 4 nitrogen and oxygen atoms in total. The monoisotopic (exact) mass is 247 g/mol. The highest BCUT2D eigenvalue weighted by molar-refractivity contribution is 5.77. The molecule has 18 heavy (non-hydrogen) atoms. The number of hydrogen-bond acceptors (Lipinski definition) is 3. The van der Waals surface area contributed by atoms with Crippen LogP contribution in [0.25, 0.3) is 0 Å². The predicted molar refractivity (Wildman–Crippen MR) is 72.0 cm³/mol. The molecule has 1 saturated heterocycles. The molecule has 0 aromatic heterocycles. The quantitative estimate of drug-likeness (QED) is 0.834. The van der Waals surface area contributed by atoms with E-state index in [9.17, 15) is 4.79 Å². The number of nitrogens with two attached hydrogens (primary N) is 1. The first kappa shape index (κ1) is 13.1. The van der Waals surface area contributed by atoms with Crippen molar-refractivity contribution in [2.24, 2.45) is 5.73 Å². The van der Waals surface area contributed by atoms with E-state index in [0.29, 0.717) is 6.42 Å². The van der Waals surface area contributed by atoms with E-state index in [-0.39, 0.29) is 18.0 Å². The summed E-state index contributed by atoms with van der Waals surface area (Å²) >= 11 is 0. The van der Waals surface area contributed by atoms with Crippen LogP contribution >= 0.6 is 0 Å². The standard InChI is InChI=1S/C14H21N3O/c1-11-10-16-7-8-17(11)14(18)9-13(15)12-5-3-2-4-6-12/h2-6,11,13,16H,7-10,15H2,1H3/t11-,13?/m0/s1. The summed E-state index contributed by atoms with van der Waals surface area (Å²) in [5.74, 6) is 0.153. The average molecular weight is 247 g/mol. The number of hydrogen-bond donors (Lipinski definition) is 2. The number of nitrogens with zero attached hydrogens (tertiary/aromatic N) is 1. The minimum atomic E-state index is -0.208. The Hall–Kier alpha value is -1.39. The third-order valence-corrected chi connectivity index (χ3v) is 3.44. The normalized spacial score (nSPS) is 21.7. The van der Waals surface area contributed by atoms with Crippen molar-refractivity contribution in [1.82, 2.24) is 10.2 Å². The summed E-state index contributed by atoms with van der Waals surface area (Å²) in [7, 11) is 0. The van der Waals surface area contributed by atoms with E-state index in [1.807, 2.05) is 35.2 Å². The number of rotatable bonds is 3. The second-order valence-corrected chi connectivity index (χ2v) is 4.86. The van der Waals surface area contributed by atoms with Crippen LogP contribution in [-0.2, 0) is 4.79 Å². The summed E-state index contributed by atoms with van der Waals surface area (Å²) in [5, 5.41) is 3.28. The lowest BCUT2D eigenvalue weighted by Gasteiger charge is -2.34. The van der Waals surface area contributed by atoms with E-state index < -0.39 is 0 Å². The van der Waals surface area contributed by atoms with Gasteiger partial charge >= 0.3 is 0 Å². The maximum Gasteiger partial charge on any atom is 0.224 e. The number of benzene rings is 1. The maximum atomic E-state index is 12.2. The van der Waals surface area contributed by atoms with Crippen molar-refractivity contribution in [3.8, 4) is 0 Å². The van der Waals surface area contributed by atoms with E-state index in [0.717, 1.165) is 25.2 Å². The van der Waals surface area contributed by atoms with Crippen LogP contribution in [0.2, 0.25) is 0 Å². The summed E-state index contributed by atoms with van der Waals surface area (Å²) in [4.78, 5) is 14.1. The Morgan fingerprint density at radius 1 is 1.50 bits per heavy atom. The Balaban J connectivity index is 1.94. The zero-order chi connectivity index (χ0) is 13.0. The molecule has 1 aromatic carbocycles. The van der Waals surface area contributed by atoms with Gasteiger partial charge in [-0.15, -0.1) is 0 Å². The van der Waals surface area contributed by atoms with Gasteiger partial charge in [0, 0.05) is 38.1 Å². The number of carbonyl (C=O) groups excluding carboxylic acids is 1. The van der Waals surface area contributed by atoms with Crippen molar-refractivity contribution in [3.63, 3.8) is 0 Å². The Kier molecular flexibility index (Phi) is 4.33. The summed E-state index contributed by atoms with van der Waals surface area (Å²) in [5.41, 5.74) is 7.11. The Morgan fingerprint density at radius 3 is 2.89 bits per heavy atom. The van der Waals surface area contributed by atoms with Gasteiger partial charge < -0.3 is 16.0 Å². The van der Waals surface area contributed by atoms with Crippen LogP contribution in [-0.4, -0.2) is 36.5 Å². The molecule has 98 valence electrons. The van der Waals surface area contributed by atoms with Crippen LogP contribution in [0.1, 0.15) is 24.9 Å². The molecule has 1 aliphatic heterocycles. The molecule has 3 N–H and O–H groups in total. The number of carbonyl (C=O) groups is 1. The molecule has 1 aliphatic rings. The van der Waals surface area contributed by atoms with Crippen molar-refractivity contribution in [3.05, 3.63) is 35.9 Å². The van der Waals surface area contributed by atoms with Crippen LogP contribution in [0.3, 0.4) is 0 Å². The molecule has 1 heterocycles. The molecule has 2 rings (SSSR count). The van der Waals surface area contributed by atoms with Gasteiger partial charge in [-0.2, -0.15) is 0 Å². The van der Waals surface area contributed by atoms with Gasteiger partial charge in [0.2, 0.25) is 5.91 Å². The molecular formula is C14H21N3O. The lowest BCUT2D eigenvalue weighted by atomic mass is 10.0. The largest absolute Gasteiger partial charge is 0.337 e. The Labute approximate surface area is 108 Å². The van der Waals surface area contributed by atoms with Crippen molar-refractivity contribution in [2.75, 3.05) is 19.6 Å². The van der Waals surface area contributed by atoms with Gasteiger partial charge in [-0.05, 0) is 12.5 Å². The molecular weight excluding hydrogens is 226 g/mol. The Morgan fingerprint density at radius 2 is 2.22 bits per heavy atom. The van der Waals surface area contributed by atoms with Crippen molar-refractivity contribution >= 4 is 5.91 Å². The molecule has 0 spiro atoms. The highest BCUT2D eigenvalue weighted by Crippen LogP contribution is 2.16. The van der Waals surface area contributed by atoms with Crippen LogP contribution in [0.4, 0.5) is 0 Å². The van der Waals surface area contributed by atoms with Gasteiger partial charge in [-0.1, -0.05) is 30.3 Å². The highest BCUT2D eigenvalue weighted by atomic mass is 16.2. The lowest BCUT2D eigenvalue weighted by molar-refractivity contribution is -0.134. The molecule has 2 atom stereocenters.